The van der Waals surface area contributed by atoms with Gasteiger partial charge in [-0.3, -0.25) is 0 Å². The molecule has 2 N–H and O–H groups in total. The maximum absolute atomic E-state index is 6.04. The minimum absolute atomic E-state index is 0.445. The third-order valence-electron chi connectivity index (χ3n) is 5.40. The van der Waals surface area contributed by atoms with Crippen LogP contribution in [0.15, 0.2) is 22.8 Å². The first-order valence-corrected chi connectivity index (χ1v) is 9.46. The Morgan fingerprint density at radius 2 is 2.09 bits per heavy atom. The zero-order valence-corrected chi connectivity index (χ0v) is 15.5. The number of hydrogen-bond donors (Lipinski definition) is 1. The van der Waals surface area contributed by atoms with Gasteiger partial charge in [0, 0.05) is 13.0 Å². The second-order valence-electron chi connectivity index (χ2n) is 8.15. The monoisotopic (exact) mass is 322 g/mol. The average molecular weight is 323 g/mol. The van der Waals surface area contributed by atoms with Gasteiger partial charge in [-0.25, -0.2) is 0 Å². The Morgan fingerprint density at radius 3 is 2.74 bits per heavy atom. The fraction of sp³-hybridized carbons (Fsp3) is 0.800. The van der Waals surface area contributed by atoms with E-state index in [2.05, 4.69) is 39.1 Å². The molecule has 1 aliphatic rings. The SMILES string of the molecule is CC(C)CC[C@@]1(CC[NH2+]Cc2ccco2)CCO[C@H](C(C)C)C1. The molecule has 132 valence electrons. The predicted molar refractivity (Wildman–Crippen MR) is 94.1 cm³/mol. The Balaban J connectivity index is 1.87. The van der Waals surface area contributed by atoms with Crippen LogP contribution < -0.4 is 5.32 Å². The first-order valence-electron chi connectivity index (χ1n) is 9.46. The summed E-state index contributed by atoms with van der Waals surface area (Å²) in [5.74, 6) is 2.49. The molecular formula is C20H36NO2+. The van der Waals surface area contributed by atoms with Crippen LogP contribution in [0.1, 0.15) is 65.6 Å². The van der Waals surface area contributed by atoms with Gasteiger partial charge in [0.25, 0.3) is 0 Å². The van der Waals surface area contributed by atoms with Gasteiger partial charge in [0.2, 0.25) is 0 Å². The summed E-state index contributed by atoms with van der Waals surface area (Å²) < 4.78 is 11.5. The van der Waals surface area contributed by atoms with E-state index in [4.69, 9.17) is 9.15 Å². The van der Waals surface area contributed by atoms with Crippen molar-refractivity contribution >= 4 is 0 Å². The molecule has 1 aromatic heterocycles. The van der Waals surface area contributed by atoms with Crippen LogP contribution >= 0.6 is 0 Å². The highest BCUT2D eigenvalue weighted by Crippen LogP contribution is 2.43. The van der Waals surface area contributed by atoms with E-state index >= 15 is 0 Å². The largest absolute Gasteiger partial charge is 0.463 e. The normalized spacial score (nSPS) is 25.4. The summed E-state index contributed by atoms with van der Waals surface area (Å²) in [6.07, 6.45) is 8.67. The van der Waals surface area contributed by atoms with Crippen LogP contribution in [-0.2, 0) is 11.3 Å². The average Bonchev–Trinajstić information content (AvgIpc) is 3.03. The molecule has 0 amide bonds. The molecule has 23 heavy (non-hydrogen) atoms. The van der Waals surface area contributed by atoms with Crippen molar-refractivity contribution in [2.75, 3.05) is 13.2 Å². The molecule has 2 rings (SSSR count). The fourth-order valence-electron chi connectivity index (χ4n) is 3.70. The number of rotatable bonds is 9. The second kappa shape index (κ2) is 8.89. The smallest absolute Gasteiger partial charge is 0.157 e. The third-order valence-corrected chi connectivity index (χ3v) is 5.40. The molecule has 0 aliphatic carbocycles. The Labute approximate surface area is 142 Å². The number of nitrogens with two attached hydrogens (primary N) is 1. The quantitative estimate of drug-likeness (QED) is 0.698. The van der Waals surface area contributed by atoms with E-state index < -0.39 is 0 Å². The summed E-state index contributed by atoms with van der Waals surface area (Å²) in [7, 11) is 0. The van der Waals surface area contributed by atoms with Crippen molar-refractivity contribution in [3.8, 4) is 0 Å². The summed E-state index contributed by atoms with van der Waals surface area (Å²) >= 11 is 0. The van der Waals surface area contributed by atoms with E-state index in [-0.39, 0.29) is 0 Å². The van der Waals surface area contributed by atoms with Crippen molar-refractivity contribution in [2.24, 2.45) is 17.3 Å². The highest BCUT2D eigenvalue weighted by Gasteiger charge is 2.37. The minimum Gasteiger partial charge on any atom is -0.463 e. The number of hydrogen-bond acceptors (Lipinski definition) is 2. The molecule has 2 heterocycles. The lowest BCUT2D eigenvalue weighted by Gasteiger charge is -2.42. The molecule has 1 aliphatic heterocycles. The van der Waals surface area contributed by atoms with Gasteiger partial charge in [-0.15, -0.1) is 0 Å². The third kappa shape index (κ3) is 5.96. The summed E-state index contributed by atoms with van der Waals surface area (Å²) in [4.78, 5) is 0. The van der Waals surface area contributed by atoms with E-state index in [1.54, 1.807) is 6.26 Å². The van der Waals surface area contributed by atoms with Gasteiger partial charge in [-0.2, -0.15) is 0 Å². The van der Waals surface area contributed by atoms with Crippen molar-refractivity contribution in [2.45, 2.75) is 72.4 Å². The Bertz CT molecular complexity index is 427. The van der Waals surface area contributed by atoms with E-state index in [9.17, 15) is 0 Å². The maximum Gasteiger partial charge on any atom is 0.157 e. The lowest BCUT2D eigenvalue weighted by atomic mass is 9.69. The summed E-state index contributed by atoms with van der Waals surface area (Å²) in [6, 6.07) is 4.04. The van der Waals surface area contributed by atoms with Crippen LogP contribution in [0.2, 0.25) is 0 Å². The first kappa shape index (κ1) is 18.5. The molecule has 3 heteroatoms. The lowest BCUT2D eigenvalue weighted by molar-refractivity contribution is -0.674. The van der Waals surface area contributed by atoms with Gasteiger partial charge in [0.05, 0.1) is 18.9 Å². The highest BCUT2D eigenvalue weighted by atomic mass is 16.5. The van der Waals surface area contributed by atoms with Gasteiger partial charge in [0.15, 0.2) is 5.76 Å². The van der Waals surface area contributed by atoms with Crippen LogP contribution in [0, 0.1) is 17.3 Å². The Kier molecular flexibility index (Phi) is 7.16. The summed E-state index contributed by atoms with van der Waals surface area (Å²) in [5.41, 5.74) is 0.483. The van der Waals surface area contributed by atoms with Crippen molar-refractivity contribution < 1.29 is 14.5 Å². The van der Waals surface area contributed by atoms with Crippen molar-refractivity contribution in [1.82, 2.24) is 0 Å². The summed E-state index contributed by atoms with van der Waals surface area (Å²) in [5, 5.41) is 2.40. The van der Waals surface area contributed by atoms with E-state index in [1.807, 2.05) is 6.07 Å². The maximum atomic E-state index is 6.04. The topological polar surface area (TPSA) is 39.0 Å². The second-order valence-corrected chi connectivity index (χ2v) is 8.15. The zero-order chi connectivity index (χ0) is 16.7. The van der Waals surface area contributed by atoms with Gasteiger partial charge < -0.3 is 14.5 Å². The number of quaternary nitrogens is 1. The first-order chi connectivity index (χ1) is 11.0. The zero-order valence-electron chi connectivity index (χ0n) is 15.5. The van der Waals surface area contributed by atoms with Crippen LogP contribution in [0.25, 0.3) is 0 Å². The molecule has 0 spiro atoms. The Hall–Kier alpha value is -0.800. The molecule has 2 atom stereocenters. The molecule has 1 fully saturated rings. The molecule has 3 nitrogen and oxygen atoms in total. The summed E-state index contributed by atoms with van der Waals surface area (Å²) in [6.45, 7) is 12.4. The van der Waals surface area contributed by atoms with Crippen LogP contribution in [0.3, 0.4) is 0 Å². The molecule has 1 saturated heterocycles. The van der Waals surface area contributed by atoms with E-state index in [0.717, 1.165) is 24.8 Å². The Morgan fingerprint density at radius 1 is 1.26 bits per heavy atom. The van der Waals surface area contributed by atoms with E-state index in [0.29, 0.717) is 17.4 Å². The van der Waals surface area contributed by atoms with Crippen molar-refractivity contribution in [1.29, 1.82) is 0 Å². The molecule has 0 saturated carbocycles. The lowest BCUT2D eigenvalue weighted by Crippen LogP contribution is -2.83. The molecule has 0 aromatic carbocycles. The number of furan rings is 1. The van der Waals surface area contributed by atoms with E-state index in [1.165, 1.54) is 38.6 Å². The van der Waals surface area contributed by atoms with Gasteiger partial charge in [-0.05, 0) is 48.6 Å². The highest BCUT2D eigenvalue weighted by molar-refractivity contribution is 4.95. The van der Waals surface area contributed by atoms with Crippen LogP contribution in [-0.4, -0.2) is 19.3 Å². The molecule has 0 unspecified atom stereocenters. The predicted octanol–water partition coefficient (Wildman–Crippen LogP) is 3.99. The van der Waals surface area contributed by atoms with Crippen LogP contribution in [0.4, 0.5) is 0 Å². The molecule has 0 bridgehead atoms. The van der Waals surface area contributed by atoms with Gasteiger partial charge in [0.1, 0.15) is 6.54 Å². The van der Waals surface area contributed by atoms with Crippen LogP contribution in [0.5, 0.6) is 0 Å². The van der Waals surface area contributed by atoms with Gasteiger partial charge in [-0.1, -0.05) is 34.1 Å². The standard InChI is InChI=1S/C20H35NO2/c1-16(2)7-8-20(10-13-23-19(14-20)17(3)4)9-11-21-15-18-6-5-12-22-18/h5-6,12,16-17,19,21H,7-11,13-15H2,1-4H3/p+1/t19-,20+/m0/s1. The minimum atomic E-state index is 0.445. The fourth-order valence-corrected chi connectivity index (χ4v) is 3.70. The van der Waals surface area contributed by atoms with Gasteiger partial charge >= 0.3 is 0 Å². The van der Waals surface area contributed by atoms with Crippen molar-refractivity contribution in [3.63, 3.8) is 0 Å². The molecular weight excluding hydrogens is 286 g/mol. The molecule has 0 radical (unpaired) electrons. The number of ether oxygens (including phenoxy) is 1. The molecule has 1 aromatic rings. The van der Waals surface area contributed by atoms with Crippen molar-refractivity contribution in [3.05, 3.63) is 24.2 Å².